The molecule has 1 aliphatic rings. The zero-order valence-corrected chi connectivity index (χ0v) is 13.8. The standard InChI is InChI=1S/C18H22N6/c1-22-10-8-20-18(22)17-13-19-7-11-23(17)14-15-4-2-5-16(12-15)24-9-3-6-21-24/h2-6,8-10,12,17,19H,7,11,13-14H2,1H3. The summed E-state index contributed by atoms with van der Waals surface area (Å²) in [4.78, 5) is 7.06. The molecule has 124 valence electrons. The highest BCUT2D eigenvalue weighted by Crippen LogP contribution is 2.23. The molecule has 4 rings (SSSR count). The number of nitrogens with one attached hydrogen (secondary N) is 1. The van der Waals surface area contributed by atoms with Crippen LogP contribution in [0.3, 0.4) is 0 Å². The summed E-state index contributed by atoms with van der Waals surface area (Å²) in [6.07, 6.45) is 7.67. The van der Waals surface area contributed by atoms with Gasteiger partial charge in [-0.15, -0.1) is 0 Å². The van der Waals surface area contributed by atoms with Crippen molar-refractivity contribution >= 4 is 0 Å². The molecule has 1 aliphatic heterocycles. The SMILES string of the molecule is Cn1ccnc1C1CNCCN1Cc1cccc(-n2cccn2)c1. The minimum absolute atomic E-state index is 0.298. The van der Waals surface area contributed by atoms with E-state index in [1.165, 1.54) is 5.56 Å². The van der Waals surface area contributed by atoms with Crippen LogP contribution < -0.4 is 5.32 Å². The van der Waals surface area contributed by atoms with Gasteiger partial charge in [0.15, 0.2) is 0 Å². The molecule has 1 saturated heterocycles. The van der Waals surface area contributed by atoms with Crippen molar-refractivity contribution < 1.29 is 0 Å². The molecule has 0 radical (unpaired) electrons. The molecule has 6 nitrogen and oxygen atoms in total. The van der Waals surface area contributed by atoms with Crippen molar-refractivity contribution in [2.45, 2.75) is 12.6 Å². The smallest absolute Gasteiger partial charge is 0.127 e. The Kier molecular flexibility index (Phi) is 4.15. The number of aryl methyl sites for hydroxylation is 1. The number of hydrogen-bond acceptors (Lipinski definition) is 4. The van der Waals surface area contributed by atoms with E-state index in [1.54, 1.807) is 6.20 Å². The number of hydrogen-bond donors (Lipinski definition) is 1. The summed E-state index contributed by atoms with van der Waals surface area (Å²) in [6, 6.07) is 10.8. The first-order valence-corrected chi connectivity index (χ1v) is 8.32. The first-order valence-electron chi connectivity index (χ1n) is 8.32. The van der Waals surface area contributed by atoms with E-state index in [2.05, 4.69) is 56.2 Å². The molecule has 3 aromatic rings. The molecule has 3 heterocycles. The van der Waals surface area contributed by atoms with Gasteiger partial charge < -0.3 is 9.88 Å². The number of imidazole rings is 1. The van der Waals surface area contributed by atoms with Crippen molar-refractivity contribution in [1.82, 2.24) is 29.5 Å². The van der Waals surface area contributed by atoms with E-state index in [1.807, 2.05) is 29.3 Å². The summed E-state index contributed by atoms with van der Waals surface area (Å²) in [6.45, 7) is 3.88. The molecular weight excluding hydrogens is 300 g/mol. The molecule has 1 unspecified atom stereocenters. The Bertz CT molecular complexity index is 791. The van der Waals surface area contributed by atoms with Crippen molar-refractivity contribution in [3.63, 3.8) is 0 Å². The van der Waals surface area contributed by atoms with Crippen LogP contribution in [0.5, 0.6) is 0 Å². The topological polar surface area (TPSA) is 50.9 Å². The first kappa shape index (κ1) is 15.1. The molecule has 1 fully saturated rings. The van der Waals surface area contributed by atoms with E-state index in [9.17, 15) is 0 Å². The largest absolute Gasteiger partial charge is 0.337 e. The molecular formula is C18H22N6. The third-order valence-electron chi connectivity index (χ3n) is 4.58. The van der Waals surface area contributed by atoms with E-state index in [0.29, 0.717) is 6.04 Å². The van der Waals surface area contributed by atoms with E-state index >= 15 is 0 Å². The maximum atomic E-state index is 4.56. The highest BCUT2D eigenvalue weighted by Gasteiger charge is 2.26. The predicted octanol–water partition coefficient (Wildman–Crippen LogP) is 1.75. The minimum Gasteiger partial charge on any atom is -0.337 e. The zero-order valence-electron chi connectivity index (χ0n) is 13.8. The van der Waals surface area contributed by atoms with Crippen LogP contribution in [0.1, 0.15) is 17.4 Å². The van der Waals surface area contributed by atoms with Gasteiger partial charge in [0.2, 0.25) is 0 Å². The molecule has 1 atom stereocenters. The summed E-state index contributed by atoms with van der Waals surface area (Å²) in [5.41, 5.74) is 2.39. The molecule has 0 saturated carbocycles. The Morgan fingerprint density at radius 2 is 2.17 bits per heavy atom. The molecule has 2 aromatic heterocycles. The van der Waals surface area contributed by atoms with Crippen molar-refractivity contribution in [1.29, 1.82) is 0 Å². The molecule has 6 heteroatoms. The minimum atomic E-state index is 0.298. The Balaban J connectivity index is 1.57. The summed E-state index contributed by atoms with van der Waals surface area (Å²) in [7, 11) is 2.06. The van der Waals surface area contributed by atoms with Crippen LogP contribution in [0.2, 0.25) is 0 Å². The summed E-state index contributed by atoms with van der Waals surface area (Å²) in [5.74, 6) is 1.12. The second-order valence-corrected chi connectivity index (χ2v) is 6.21. The lowest BCUT2D eigenvalue weighted by Gasteiger charge is -2.35. The van der Waals surface area contributed by atoms with Gasteiger partial charge in [-0.2, -0.15) is 5.10 Å². The maximum Gasteiger partial charge on any atom is 0.127 e. The van der Waals surface area contributed by atoms with Crippen LogP contribution in [-0.2, 0) is 13.6 Å². The van der Waals surface area contributed by atoms with Crippen molar-refractivity contribution in [3.05, 3.63) is 66.5 Å². The molecule has 1 N–H and O–H groups in total. The van der Waals surface area contributed by atoms with Crippen molar-refractivity contribution in [2.24, 2.45) is 7.05 Å². The number of rotatable bonds is 4. The molecule has 0 spiro atoms. The lowest BCUT2D eigenvalue weighted by atomic mass is 10.1. The van der Waals surface area contributed by atoms with E-state index in [0.717, 1.165) is 37.7 Å². The van der Waals surface area contributed by atoms with Gasteiger partial charge in [0.1, 0.15) is 5.82 Å². The van der Waals surface area contributed by atoms with Gasteiger partial charge in [-0.1, -0.05) is 12.1 Å². The van der Waals surface area contributed by atoms with E-state index < -0.39 is 0 Å². The summed E-state index contributed by atoms with van der Waals surface area (Å²) in [5, 5.41) is 7.81. The number of nitrogens with zero attached hydrogens (tertiary/aromatic N) is 5. The van der Waals surface area contributed by atoms with Gasteiger partial charge in [-0.25, -0.2) is 9.67 Å². The van der Waals surface area contributed by atoms with Gasteiger partial charge >= 0.3 is 0 Å². The average molecular weight is 322 g/mol. The first-order chi connectivity index (χ1) is 11.8. The Labute approximate surface area is 141 Å². The molecule has 1 aromatic carbocycles. The molecule has 0 aliphatic carbocycles. The van der Waals surface area contributed by atoms with Gasteiger partial charge in [0, 0.05) is 58.0 Å². The van der Waals surface area contributed by atoms with Crippen LogP contribution in [0.15, 0.2) is 55.1 Å². The lowest BCUT2D eigenvalue weighted by molar-refractivity contribution is 0.145. The van der Waals surface area contributed by atoms with E-state index in [4.69, 9.17) is 0 Å². The summed E-state index contributed by atoms with van der Waals surface area (Å²) < 4.78 is 4.02. The maximum absolute atomic E-state index is 4.56. The summed E-state index contributed by atoms with van der Waals surface area (Å²) >= 11 is 0. The highest BCUT2D eigenvalue weighted by atomic mass is 15.3. The van der Waals surface area contributed by atoms with E-state index in [-0.39, 0.29) is 0 Å². The Morgan fingerprint density at radius 1 is 1.21 bits per heavy atom. The van der Waals surface area contributed by atoms with Crippen molar-refractivity contribution in [2.75, 3.05) is 19.6 Å². The fourth-order valence-electron chi connectivity index (χ4n) is 3.34. The van der Waals surface area contributed by atoms with Gasteiger partial charge in [-0.3, -0.25) is 4.90 Å². The third kappa shape index (κ3) is 2.98. The van der Waals surface area contributed by atoms with Gasteiger partial charge in [0.05, 0.1) is 11.7 Å². The van der Waals surface area contributed by atoms with Crippen LogP contribution in [0.25, 0.3) is 5.69 Å². The molecule has 24 heavy (non-hydrogen) atoms. The fraction of sp³-hybridized carbons (Fsp3) is 0.333. The molecule has 0 amide bonds. The normalized spacial score (nSPS) is 18.8. The average Bonchev–Trinajstić information content (AvgIpc) is 3.27. The van der Waals surface area contributed by atoms with Gasteiger partial charge in [0.25, 0.3) is 0 Å². The van der Waals surface area contributed by atoms with Crippen LogP contribution in [0, 0.1) is 0 Å². The van der Waals surface area contributed by atoms with Crippen LogP contribution in [0.4, 0.5) is 0 Å². The third-order valence-corrected chi connectivity index (χ3v) is 4.58. The van der Waals surface area contributed by atoms with Crippen LogP contribution >= 0.6 is 0 Å². The fourth-order valence-corrected chi connectivity index (χ4v) is 3.34. The second kappa shape index (κ2) is 6.59. The van der Waals surface area contributed by atoms with Crippen molar-refractivity contribution in [3.8, 4) is 5.69 Å². The zero-order chi connectivity index (χ0) is 16.4. The Morgan fingerprint density at radius 3 is 2.96 bits per heavy atom. The number of piperazine rings is 1. The second-order valence-electron chi connectivity index (χ2n) is 6.21. The predicted molar refractivity (Wildman–Crippen MR) is 92.8 cm³/mol. The number of benzene rings is 1. The van der Waals surface area contributed by atoms with Crippen LogP contribution in [-0.4, -0.2) is 43.9 Å². The van der Waals surface area contributed by atoms with Gasteiger partial charge in [-0.05, 0) is 23.8 Å². The Hall–Kier alpha value is -2.44. The number of aromatic nitrogens is 4. The highest BCUT2D eigenvalue weighted by molar-refractivity contribution is 5.35. The quantitative estimate of drug-likeness (QED) is 0.795. The lowest BCUT2D eigenvalue weighted by Crippen LogP contribution is -2.46. The monoisotopic (exact) mass is 322 g/mol. The molecule has 0 bridgehead atoms.